The number of halogens is 1. The van der Waals surface area contributed by atoms with E-state index in [9.17, 15) is 9.59 Å². The molecule has 6 N–H and O–H groups in total. The summed E-state index contributed by atoms with van der Waals surface area (Å²) in [6.45, 7) is 13.8. The lowest BCUT2D eigenvalue weighted by atomic mass is 9.99. The standard InChI is InChI=1S/C28H33N5O3S.C20H31N5S2.C10H9BrO3.H3P/c29-27-26(25(34)19-4-9-23-24(18-19)36-17-16-35-23)37-28(31-27)30-20-5-7-21(8-6-20)33-14-10-22(11-15-33)32-12-2-1-3-13-32;1-2-27-19(21)23-20(26)22-16-6-8-17(9-7-16)25-14-10-18(11-15-25)24-12-4-3-5-13-24;11-6-8(12)7-1-2-9-10(5-7)14-4-3-13-9;/h4-9,18,22H,1-3,10-17,29H2,(H,30,31);6-9,18H,2-5,10-15H2,1H3,(H3,21,22,23,26);1-2,5H,3-4,6H2;1H3. The van der Waals surface area contributed by atoms with E-state index in [0.717, 1.165) is 55.4 Å². The molecule has 0 saturated carbocycles. The lowest BCUT2D eigenvalue weighted by Crippen LogP contribution is -2.46. The third-order valence-electron chi connectivity index (χ3n) is 14.9. The van der Waals surface area contributed by atoms with Crippen LogP contribution in [0.5, 0.6) is 23.0 Å². The fourth-order valence-electron chi connectivity index (χ4n) is 10.8. The third-order valence-corrected chi connectivity index (χ3v) is 17.2. The number of carbonyl (C=O) groups is 2. The van der Waals surface area contributed by atoms with E-state index < -0.39 is 0 Å². The number of aliphatic imine (C=N–C) groups is 1. The number of nitrogen functional groups attached to an aromatic ring is 1. The number of anilines is 6. The summed E-state index contributed by atoms with van der Waals surface area (Å²) in [5, 5.41) is 8.27. The molecule has 424 valence electrons. The van der Waals surface area contributed by atoms with E-state index in [0.29, 0.717) is 86.2 Å². The Kier molecular flexibility index (Phi) is 22.8. The van der Waals surface area contributed by atoms with E-state index in [1.165, 1.54) is 125 Å². The predicted molar refractivity (Wildman–Crippen MR) is 338 cm³/mol. The summed E-state index contributed by atoms with van der Waals surface area (Å²) in [6, 6.07) is 28.9. The summed E-state index contributed by atoms with van der Waals surface area (Å²) in [4.78, 5) is 43.9. The summed E-state index contributed by atoms with van der Waals surface area (Å²) < 4.78 is 21.9. The van der Waals surface area contributed by atoms with Crippen LogP contribution in [0.4, 0.5) is 33.7 Å². The first-order chi connectivity index (χ1) is 38.1. The van der Waals surface area contributed by atoms with Gasteiger partial charge in [-0.1, -0.05) is 58.8 Å². The van der Waals surface area contributed by atoms with Gasteiger partial charge in [-0.25, -0.2) is 4.98 Å². The number of nitrogens with two attached hydrogens (primary N) is 2. The van der Waals surface area contributed by atoms with Gasteiger partial charge in [0.15, 0.2) is 44.2 Å². The molecule has 4 saturated heterocycles. The highest BCUT2D eigenvalue weighted by Crippen LogP contribution is 2.36. The summed E-state index contributed by atoms with van der Waals surface area (Å²) >= 11 is 11.1. The highest BCUT2D eigenvalue weighted by atomic mass is 79.9. The molecular weight excluding hydrogens is 1140 g/mol. The number of likely N-dealkylation sites (tertiary alicyclic amines) is 2. The average Bonchev–Trinajstić information content (AvgIpc) is 3.89. The molecule has 0 amide bonds. The van der Waals surface area contributed by atoms with Gasteiger partial charge in [0.05, 0.1) is 5.33 Å². The second-order valence-corrected chi connectivity index (χ2v) is 23.2. The number of rotatable bonds is 12. The number of hydrogen-bond acceptors (Lipinski definition) is 16. The van der Waals surface area contributed by atoms with Crippen molar-refractivity contribution in [3.63, 3.8) is 0 Å². The topological polar surface area (TPSA) is 185 Å². The minimum absolute atomic E-state index is 0. The van der Waals surface area contributed by atoms with Crippen LogP contribution >= 0.6 is 61.1 Å². The molecule has 7 heterocycles. The van der Waals surface area contributed by atoms with Crippen molar-refractivity contribution in [2.45, 2.75) is 83.2 Å². The van der Waals surface area contributed by atoms with Crippen LogP contribution in [0.1, 0.15) is 96.7 Å². The number of alkyl halides is 1. The summed E-state index contributed by atoms with van der Waals surface area (Å²) in [5.41, 5.74) is 17.5. The van der Waals surface area contributed by atoms with Crippen molar-refractivity contribution < 1.29 is 28.5 Å². The number of amidine groups is 1. The Morgan fingerprint density at radius 3 is 1.65 bits per heavy atom. The van der Waals surface area contributed by atoms with Crippen LogP contribution in [-0.4, -0.2) is 139 Å². The molecule has 21 heteroatoms. The third kappa shape index (κ3) is 16.7. The number of benzene rings is 4. The van der Waals surface area contributed by atoms with Gasteiger partial charge in [0, 0.05) is 72.1 Å². The van der Waals surface area contributed by atoms with Gasteiger partial charge in [-0.15, -0.1) is 0 Å². The Morgan fingerprint density at radius 1 is 0.684 bits per heavy atom. The Bertz CT molecular complexity index is 2820. The van der Waals surface area contributed by atoms with Crippen LogP contribution in [-0.2, 0) is 0 Å². The van der Waals surface area contributed by atoms with Crippen LogP contribution in [0.2, 0.25) is 0 Å². The lowest BCUT2D eigenvalue weighted by molar-refractivity contribution is 0.101. The number of Topliss-reactive ketones (excluding diaryl/α,β-unsaturated/α-hetero) is 1. The van der Waals surface area contributed by atoms with Crippen molar-refractivity contribution in [3.8, 4) is 23.0 Å². The van der Waals surface area contributed by atoms with Crippen LogP contribution in [0.3, 0.4) is 0 Å². The lowest BCUT2D eigenvalue weighted by Gasteiger charge is -2.41. The number of ether oxygens (including phenoxy) is 4. The first-order valence-corrected chi connectivity index (χ1v) is 30.9. The Hall–Kier alpha value is -5.21. The fourth-order valence-corrected chi connectivity index (χ4v) is 12.7. The number of hydrogen-bond donors (Lipinski definition) is 4. The number of nitrogens with one attached hydrogen (secondary N) is 2. The van der Waals surface area contributed by atoms with E-state index in [4.69, 9.17) is 42.6 Å². The SMILES string of the molecule is CCSC(N)=NC(=S)Nc1ccc(N2CCC(N3CCCCC3)CC2)cc1.Nc1nc(Nc2ccc(N3CCC(N4CCCCC4)CC3)cc2)sc1C(=O)c1ccc2c(c1)OCCO2.O=C(CBr)c1ccc2c(c1)OCCO2.P. The number of thiazole rings is 1. The summed E-state index contributed by atoms with van der Waals surface area (Å²) in [5.74, 6) is 3.57. The van der Waals surface area contributed by atoms with Gasteiger partial charge in [-0.05, 0) is 180 Å². The maximum absolute atomic E-state index is 13.1. The van der Waals surface area contributed by atoms with Gasteiger partial charge in [0.25, 0.3) is 0 Å². The highest BCUT2D eigenvalue weighted by molar-refractivity contribution is 9.09. The molecule has 0 aliphatic carbocycles. The number of carbonyl (C=O) groups excluding carboxylic acids is 2. The van der Waals surface area contributed by atoms with E-state index in [1.54, 1.807) is 36.4 Å². The van der Waals surface area contributed by atoms with E-state index in [-0.39, 0.29) is 27.3 Å². The van der Waals surface area contributed by atoms with E-state index >= 15 is 0 Å². The van der Waals surface area contributed by atoms with Crippen molar-refractivity contribution in [2.24, 2.45) is 10.7 Å². The molecular formula is C58H76BrN10O6PS3. The minimum atomic E-state index is -0.177. The van der Waals surface area contributed by atoms with Gasteiger partial charge in [0.1, 0.15) is 37.1 Å². The second kappa shape index (κ2) is 30.0. The van der Waals surface area contributed by atoms with Crippen molar-refractivity contribution in [1.29, 1.82) is 0 Å². The molecule has 0 radical (unpaired) electrons. The highest BCUT2D eigenvalue weighted by Gasteiger charge is 2.28. The number of ketones is 2. The van der Waals surface area contributed by atoms with E-state index in [1.807, 2.05) is 6.92 Å². The molecule has 1 unspecified atom stereocenters. The molecule has 11 rings (SSSR count). The van der Waals surface area contributed by atoms with Crippen molar-refractivity contribution in [1.82, 2.24) is 14.8 Å². The number of thiocarbonyl (C=S) groups is 1. The first-order valence-electron chi connectivity index (χ1n) is 27.5. The largest absolute Gasteiger partial charge is 0.486 e. The molecule has 6 aliphatic rings. The number of piperidine rings is 4. The monoisotopic (exact) mass is 1210 g/mol. The number of thioether (sulfide) groups is 1. The average molecular weight is 1220 g/mol. The maximum atomic E-state index is 13.1. The zero-order valence-corrected chi connectivity index (χ0v) is 50.8. The summed E-state index contributed by atoms with van der Waals surface area (Å²) in [7, 11) is 0. The van der Waals surface area contributed by atoms with E-state index in [2.05, 4.69) is 105 Å². The summed E-state index contributed by atoms with van der Waals surface area (Å²) in [6.07, 6.45) is 13.3. The van der Waals surface area contributed by atoms with Gasteiger partial charge in [0.2, 0.25) is 5.78 Å². The van der Waals surface area contributed by atoms with Crippen LogP contribution in [0.25, 0.3) is 0 Å². The molecule has 16 nitrogen and oxygen atoms in total. The van der Waals surface area contributed by atoms with Crippen molar-refractivity contribution in [3.05, 3.63) is 101 Å². The number of fused-ring (bicyclic) bond motifs is 2. The quantitative estimate of drug-likeness (QED) is 0.0231. The van der Waals surface area contributed by atoms with Crippen LogP contribution in [0, 0.1) is 0 Å². The molecule has 6 aliphatic heterocycles. The molecule has 4 fully saturated rings. The zero-order valence-electron chi connectivity index (χ0n) is 45.3. The Balaban J connectivity index is 0.000000171. The van der Waals surface area contributed by atoms with Crippen molar-refractivity contribution in [2.75, 3.05) is 116 Å². The van der Waals surface area contributed by atoms with Gasteiger partial charge in [-0.2, -0.15) is 14.9 Å². The fraction of sp³-hybridized carbons (Fsp3) is 0.466. The maximum Gasteiger partial charge on any atom is 0.206 e. The minimum Gasteiger partial charge on any atom is -0.486 e. The molecule has 4 aromatic carbocycles. The van der Waals surface area contributed by atoms with Gasteiger partial charge < -0.3 is 60.6 Å². The van der Waals surface area contributed by atoms with Gasteiger partial charge in [-0.3, -0.25) is 9.59 Å². The zero-order chi connectivity index (χ0) is 54.2. The molecule has 1 atom stereocenters. The van der Waals surface area contributed by atoms with Crippen LogP contribution in [0.15, 0.2) is 89.9 Å². The Morgan fingerprint density at radius 2 is 1.15 bits per heavy atom. The van der Waals surface area contributed by atoms with Gasteiger partial charge >= 0.3 is 0 Å². The van der Waals surface area contributed by atoms with Crippen molar-refractivity contribution >= 4 is 117 Å². The smallest absolute Gasteiger partial charge is 0.206 e. The molecule has 79 heavy (non-hydrogen) atoms. The number of nitrogens with zero attached hydrogens (tertiary/aromatic N) is 6. The molecule has 1 aromatic heterocycles. The number of aromatic nitrogens is 1. The van der Waals surface area contributed by atoms with Crippen LogP contribution < -0.4 is 50.8 Å². The second-order valence-electron chi connectivity index (χ2n) is 20.0. The predicted octanol–water partition coefficient (Wildman–Crippen LogP) is 10.9. The normalized spacial score (nSPS) is 17.9. The first kappa shape index (κ1) is 59.9. The molecule has 0 bridgehead atoms. The Labute approximate surface area is 490 Å². The molecule has 0 spiro atoms. The molecule has 5 aromatic rings.